The van der Waals surface area contributed by atoms with Gasteiger partial charge in [-0.05, 0) is 32.1 Å². The minimum absolute atomic E-state index is 0.0580. The lowest BCUT2D eigenvalue weighted by Crippen LogP contribution is -2.44. The highest BCUT2D eigenvalue weighted by Gasteiger charge is 2.26. The largest absolute Gasteiger partial charge is 0.348 e. The Morgan fingerprint density at radius 1 is 1.33 bits per heavy atom. The molecule has 0 aromatic carbocycles. The van der Waals surface area contributed by atoms with Crippen LogP contribution in [0.1, 0.15) is 49.4 Å². The highest BCUT2D eigenvalue weighted by molar-refractivity contribution is 5.85. The molecular formula is C17H25N5O2. The Morgan fingerprint density at radius 3 is 2.92 bits per heavy atom. The topological polar surface area (TPSA) is 78.4 Å². The summed E-state index contributed by atoms with van der Waals surface area (Å²) in [5.74, 6) is 0.679. The Morgan fingerprint density at radius 2 is 2.17 bits per heavy atom. The first-order valence-electron chi connectivity index (χ1n) is 8.65. The molecule has 0 radical (unpaired) electrons. The third-order valence-corrected chi connectivity index (χ3v) is 4.66. The van der Waals surface area contributed by atoms with Crippen LogP contribution in [0.25, 0.3) is 0 Å². The second kappa shape index (κ2) is 7.15. The minimum Gasteiger partial charge on any atom is -0.348 e. The van der Waals surface area contributed by atoms with Crippen LogP contribution in [-0.2, 0) is 16.0 Å². The fourth-order valence-electron chi connectivity index (χ4n) is 3.34. The van der Waals surface area contributed by atoms with Crippen LogP contribution >= 0.6 is 0 Å². The zero-order chi connectivity index (χ0) is 17.1. The number of anilines is 1. The number of rotatable bonds is 4. The van der Waals surface area contributed by atoms with Crippen LogP contribution in [0, 0.1) is 0 Å². The predicted octanol–water partition coefficient (Wildman–Crippen LogP) is 1.05. The molecule has 1 fully saturated rings. The molecule has 1 aromatic heterocycles. The van der Waals surface area contributed by atoms with Gasteiger partial charge in [0.1, 0.15) is 0 Å². The van der Waals surface area contributed by atoms with Crippen molar-refractivity contribution in [1.82, 2.24) is 20.2 Å². The lowest BCUT2D eigenvalue weighted by molar-refractivity contribution is -0.138. The Hall–Kier alpha value is -2.18. The number of aryl methyl sites for hydroxylation is 1. The van der Waals surface area contributed by atoms with Crippen LogP contribution in [0.15, 0.2) is 6.20 Å². The van der Waals surface area contributed by atoms with E-state index in [2.05, 4.69) is 15.3 Å². The maximum atomic E-state index is 12.4. The zero-order valence-corrected chi connectivity index (χ0v) is 14.4. The molecule has 1 saturated heterocycles. The summed E-state index contributed by atoms with van der Waals surface area (Å²) >= 11 is 0. The van der Waals surface area contributed by atoms with Gasteiger partial charge in [-0.15, -0.1) is 0 Å². The smallest absolute Gasteiger partial charge is 0.240 e. The summed E-state index contributed by atoms with van der Waals surface area (Å²) in [4.78, 5) is 36.7. The molecule has 24 heavy (non-hydrogen) atoms. The molecule has 7 heteroatoms. The van der Waals surface area contributed by atoms with E-state index in [0.29, 0.717) is 18.9 Å². The van der Waals surface area contributed by atoms with Gasteiger partial charge >= 0.3 is 0 Å². The van der Waals surface area contributed by atoms with E-state index in [1.54, 1.807) is 4.90 Å². The summed E-state index contributed by atoms with van der Waals surface area (Å²) in [6, 6.07) is -0.0580. The first-order valence-corrected chi connectivity index (χ1v) is 8.65. The van der Waals surface area contributed by atoms with E-state index >= 15 is 0 Å². The van der Waals surface area contributed by atoms with E-state index < -0.39 is 0 Å². The van der Waals surface area contributed by atoms with Crippen LogP contribution < -0.4 is 10.2 Å². The van der Waals surface area contributed by atoms with Gasteiger partial charge in [-0.2, -0.15) is 0 Å². The standard InChI is InChI=1S/C17H25N5O2/c1-21(2)17-18-10-12-13(6-5-7-14(12)20-17)19-15(23)11-22-9-4-3-8-16(22)24/h10,13H,3-9,11H2,1-2H3,(H,19,23)/t13-/m1/s1. The molecule has 1 N–H and O–H groups in total. The minimum atomic E-state index is -0.0974. The molecule has 0 unspecified atom stereocenters. The van der Waals surface area contributed by atoms with Gasteiger partial charge in [-0.25, -0.2) is 9.97 Å². The summed E-state index contributed by atoms with van der Waals surface area (Å²) in [6.07, 6.45) is 7.08. The van der Waals surface area contributed by atoms with E-state index in [1.807, 2.05) is 25.2 Å². The van der Waals surface area contributed by atoms with Crippen molar-refractivity contribution in [2.24, 2.45) is 0 Å². The summed E-state index contributed by atoms with van der Waals surface area (Å²) in [7, 11) is 3.83. The van der Waals surface area contributed by atoms with Crippen molar-refractivity contribution in [2.75, 3.05) is 32.1 Å². The number of hydrogen-bond acceptors (Lipinski definition) is 5. The van der Waals surface area contributed by atoms with Crippen molar-refractivity contribution >= 4 is 17.8 Å². The van der Waals surface area contributed by atoms with Crippen LogP contribution in [0.3, 0.4) is 0 Å². The first kappa shape index (κ1) is 16.7. The number of carbonyl (C=O) groups is 2. The van der Waals surface area contributed by atoms with E-state index in [0.717, 1.165) is 43.4 Å². The second-order valence-electron chi connectivity index (χ2n) is 6.75. The highest BCUT2D eigenvalue weighted by atomic mass is 16.2. The lowest BCUT2D eigenvalue weighted by Gasteiger charge is -2.29. The number of aromatic nitrogens is 2. The third-order valence-electron chi connectivity index (χ3n) is 4.66. The van der Waals surface area contributed by atoms with E-state index in [-0.39, 0.29) is 24.4 Å². The van der Waals surface area contributed by atoms with Gasteiger partial charge < -0.3 is 15.1 Å². The molecule has 0 saturated carbocycles. The Balaban J connectivity index is 1.66. The van der Waals surface area contributed by atoms with Gasteiger partial charge in [-0.1, -0.05) is 0 Å². The molecule has 2 amide bonds. The molecule has 1 aromatic rings. The second-order valence-corrected chi connectivity index (χ2v) is 6.75. The van der Waals surface area contributed by atoms with Crippen LogP contribution in [0.5, 0.6) is 0 Å². The molecule has 2 heterocycles. The molecule has 0 bridgehead atoms. The van der Waals surface area contributed by atoms with Gasteiger partial charge in [0.25, 0.3) is 0 Å². The van der Waals surface area contributed by atoms with Crippen molar-refractivity contribution in [3.05, 3.63) is 17.5 Å². The first-order chi connectivity index (χ1) is 11.5. The number of hydrogen-bond donors (Lipinski definition) is 1. The molecule has 1 atom stereocenters. The molecule has 1 aliphatic heterocycles. The fourth-order valence-corrected chi connectivity index (χ4v) is 3.34. The van der Waals surface area contributed by atoms with Gasteiger partial charge in [0.15, 0.2) is 0 Å². The van der Waals surface area contributed by atoms with E-state index in [9.17, 15) is 9.59 Å². The average molecular weight is 331 g/mol. The SMILES string of the molecule is CN(C)c1ncc2c(n1)CCC[C@H]2NC(=O)CN1CCCCC1=O. The van der Waals surface area contributed by atoms with Crippen molar-refractivity contribution in [3.8, 4) is 0 Å². The molecule has 130 valence electrons. The van der Waals surface area contributed by atoms with E-state index in [4.69, 9.17) is 0 Å². The normalized spacial score (nSPS) is 20.5. The monoisotopic (exact) mass is 331 g/mol. The molecule has 3 rings (SSSR count). The number of fused-ring (bicyclic) bond motifs is 1. The number of piperidine rings is 1. The summed E-state index contributed by atoms with van der Waals surface area (Å²) in [5, 5.41) is 3.07. The van der Waals surface area contributed by atoms with Crippen molar-refractivity contribution in [3.63, 3.8) is 0 Å². The average Bonchev–Trinajstić information content (AvgIpc) is 2.56. The predicted molar refractivity (Wildman–Crippen MR) is 90.6 cm³/mol. The number of amides is 2. The molecule has 7 nitrogen and oxygen atoms in total. The van der Waals surface area contributed by atoms with E-state index in [1.165, 1.54) is 0 Å². The molecule has 1 aliphatic carbocycles. The highest BCUT2D eigenvalue weighted by Crippen LogP contribution is 2.29. The van der Waals surface area contributed by atoms with Crippen LogP contribution in [0.2, 0.25) is 0 Å². The number of nitrogens with zero attached hydrogens (tertiary/aromatic N) is 4. The summed E-state index contributed by atoms with van der Waals surface area (Å²) in [5.41, 5.74) is 2.02. The van der Waals surface area contributed by atoms with Gasteiger partial charge in [0.2, 0.25) is 17.8 Å². The Kier molecular flexibility index (Phi) is 4.97. The van der Waals surface area contributed by atoms with Gasteiger partial charge in [-0.3, -0.25) is 9.59 Å². The van der Waals surface area contributed by atoms with Gasteiger partial charge in [0, 0.05) is 38.8 Å². The molecule has 0 spiro atoms. The third kappa shape index (κ3) is 3.66. The number of nitrogens with one attached hydrogen (secondary N) is 1. The number of carbonyl (C=O) groups excluding carboxylic acids is 2. The Labute approximate surface area is 142 Å². The van der Waals surface area contributed by atoms with Crippen molar-refractivity contribution in [1.29, 1.82) is 0 Å². The quantitative estimate of drug-likeness (QED) is 0.892. The Bertz CT molecular complexity index is 631. The van der Waals surface area contributed by atoms with Gasteiger partial charge in [0.05, 0.1) is 18.3 Å². The molecule has 2 aliphatic rings. The van der Waals surface area contributed by atoms with Crippen molar-refractivity contribution in [2.45, 2.75) is 44.6 Å². The van der Waals surface area contributed by atoms with Crippen LogP contribution in [0.4, 0.5) is 5.95 Å². The lowest BCUT2D eigenvalue weighted by atomic mass is 9.92. The zero-order valence-electron chi connectivity index (χ0n) is 14.4. The maximum Gasteiger partial charge on any atom is 0.240 e. The number of likely N-dealkylation sites (tertiary alicyclic amines) is 1. The summed E-state index contributed by atoms with van der Waals surface area (Å²) in [6.45, 7) is 0.837. The summed E-state index contributed by atoms with van der Waals surface area (Å²) < 4.78 is 0. The maximum absolute atomic E-state index is 12.4. The van der Waals surface area contributed by atoms with Crippen LogP contribution in [-0.4, -0.2) is 53.9 Å². The van der Waals surface area contributed by atoms with Crippen molar-refractivity contribution < 1.29 is 9.59 Å². The molecular weight excluding hydrogens is 306 g/mol. The fraction of sp³-hybridized carbons (Fsp3) is 0.647.